The van der Waals surface area contributed by atoms with E-state index in [4.69, 9.17) is 9.47 Å². The number of amides is 1. The van der Waals surface area contributed by atoms with Crippen LogP contribution in [0.5, 0.6) is 11.5 Å². The lowest BCUT2D eigenvalue weighted by Crippen LogP contribution is -2.44. The van der Waals surface area contributed by atoms with E-state index >= 15 is 0 Å². The van der Waals surface area contributed by atoms with Crippen molar-refractivity contribution in [1.29, 1.82) is 0 Å². The molecule has 0 unspecified atom stereocenters. The van der Waals surface area contributed by atoms with Gasteiger partial charge in [-0.2, -0.15) is 11.8 Å². The van der Waals surface area contributed by atoms with E-state index in [9.17, 15) is 4.79 Å². The lowest BCUT2D eigenvalue weighted by molar-refractivity contribution is -0.130. The van der Waals surface area contributed by atoms with Gasteiger partial charge < -0.3 is 14.8 Å². The lowest BCUT2D eigenvalue weighted by Gasteiger charge is -2.25. The Balaban J connectivity index is 1.77. The Bertz CT molecular complexity index is 470. The molecule has 1 amide bonds. The average Bonchev–Trinajstić information content (AvgIpc) is 2.42. The van der Waals surface area contributed by atoms with Crippen molar-refractivity contribution in [1.82, 2.24) is 5.32 Å². The molecular formula is C15H21NO3S. The van der Waals surface area contributed by atoms with Crippen molar-refractivity contribution >= 4 is 17.7 Å². The lowest BCUT2D eigenvalue weighted by atomic mass is 10.2. The van der Waals surface area contributed by atoms with Crippen LogP contribution in [-0.2, 0) is 4.79 Å². The molecule has 1 aromatic rings. The average molecular weight is 295 g/mol. The second-order valence-electron chi connectivity index (χ2n) is 5.62. The molecule has 2 rings (SSSR count). The number of carbonyl (C=O) groups excluding carboxylic acids is 1. The zero-order chi connectivity index (χ0) is 14.6. The van der Waals surface area contributed by atoms with Crippen LogP contribution in [0.4, 0.5) is 0 Å². The molecule has 0 saturated carbocycles. The predicted octanol–water partition coefficient (Wildman–Crippen LogP) is 2.47. The van der Waals surface area contributed by atoms with Gasteiger partial charge in [0, 0.05) is 17.0 Å². The molecule has 1 heterocycles. The molecule has 0 fully saturated rings. The Morgan fingerprint density at radius 1 is 1.35 bits per heavy atom. The number of fused-ring (bicyclic) bond motifs is 1. The summed E-state index contributed by atoms with van der Waals surface area (Å²) in [5.41, 5.74) is 0. The van der Waals surface area contributed by atoms with E-state index < -0.39 is 6.10 Å². The molecule has 0 bridgehead atoms. The number of nitrogens with one attached hydrogen (secondary N) is 1. The predicted molar refractivity (Wildman–Crippen MR) is 81.6 cm³/mol. The highest BCUT2D eigenvalue weighted by Crippen LogP contribution is 2.30. The standard InChI is InChI=1S/C15H21NO3S/c1-15(2,3)20-9-8-16-14(17)13-10-18-11-6-4-5-7-12(11)19-13/h4-7,13H,8-10H2,1-3H3,(H,16,17)/t13-/m0/s1. The molecule has 1 atom stereocenters. The van der Waals surface area contributed by atoms with Crippen molar-refractivity contribution in [2.75, 3.05) is 18.9 Å². The fourth-order valence-corrected chi connectivity index (χ4v) is 2.61. The van der Waals surface area contributed by atoms with Gasteiger partial charge in [-0.05, 0) is 12.1 Å². The van der Waals surface area contributed by atoms with Gasteiger partial charge in [-0.3, -0.25) is 4.79 Å². The Labute approximate surface area is 124 Å². The van der Waals surface area contributed by atoms with Gasteiger partial charge in [-0.15, -0.1) is 0 Å². The van der Waals surface area contributed by atoms with Gasteiger partial charge in [-0.25, -0.2) is 0 Å². The quantitative estimate of drug-likeness (QED) is 0.867. The fraction of sp³-hybridized carbons (Fsp3) is 0.533. The fourth-order valence-electron chi connectivity index (χ4n) is 1.79. The first-order valence-corrected chi connectivity index (χ1v) is 7.74. The van der Waals surface area contributed by atoms with Crippen LogP contribution in [0.25, 0.3) is 0 Å². The molecule has 1 aliphatic rings. The maximum Gasteiger partial charge on any atom is 0.264 e. The van der Waals surface area contributed by atoms with Crippen LogP contribution < -0.4 is 14.8 Å². The summed E-state index contributed by atoms with van der Waals surface area (Å²) in [6.07, 6.45) is -0.565. The maximum absolute atomic E-state index is 12.0. The summed E-state index contributed by atoms with van der Waals surface area (Å²) in [7, 11) is 0. The van der Waals surface area contributed by atoms with Gasteiger partial charge in [0.25, 0.3) is 5.91 Å². The minimum atomic E-state index is -0.565. The van der Waals surface area contributed by atoms with Gasteiger partial charge in [0.1, 0.15) is 6.61 Å². The van der Waals surface area contributed by atoms with Crippen molar-refractivity contribution in [3.63, 3.8) is 0 Å². The third-order valence-electron chi connectivity index (χ3n) is 2.74. The second kappa shape index (κ2) is 6.39. The van der Waals surface area contributed by atoms with Crippen LogP contribution >= 0.6 is 11.8 Å². The number of para-hydroxylation sites is 2. The molecule has 20 heavy (non-hydrogen) atoms. The summed E-state index contributed by atoms with van der Waals surface area (Å²) in [6, 6.07) is 7.39. The number of rotatable bonds is 4. The highest BCUT2D eigenvalue weighted by Gasteiger charge is 2.26. The zero-order valence-corrected chi connectivity index (χ0v) is 13.0. The van der Waals surface area contributed by atoms with Gasteiger partial charge in [-0.1, -0.05) is 32.9 Å². The zero-order valence-electron chi connectivity index (χ0n) is 12.1. The molecule has 110 valence electrons. The number of hydrogen-bond acceptors (Lipinski definition) is 4. The summed E-state index contributed by atoms with van der Waals surface area (Å²) in [5, 5.41) is 2.89. The van der Waals surface area contributed by atoms with E-state index in [0.717, 1.165) is 5.75 Å². The SMILES string of the molecule is CC(C)(C)SCCNC(=O)[C@@H]1COc2ccccc2O1. The van der Waals surface area contributed by atoms with Crippen molar-refractivity contribution in [2.45, 2.75) is 31.6 Å². The van der Waals surface area contributed by atoms with Crippen molar-refractivity contribution in [3.05, 3.63) is 24.3 Å². The maximum atomic E-state index is 12.0. The van der Waals surface area contributed by atoms with E-state index in [-0.39, 0.29) is 17.3 Å². The highest BCUT2D eigenvalue weighted by atomic mass is 32.2. The monoisotopic (exact) mass is 295 g/mol. The summed E-state index contributed by atoms with van der Waals surface area (Å²) in [4.78, 5) is 12.0. The number of ether oxygens (including phenoxy) is 2. The van der Waals surface area contributed by atoms with E-state index in [2.05, 4.69) is 26.1 Å². The van der Waals surface area contributed by atoms with Gasteiger partial charge in [0.05, 0.1) is 0 Å². The molecule has 1 N–H and O–H groups in total. The van der Waals surface area contributed by atoms with Crippen molar-refractivity contribution < 1.29 is 14.3 Å². The third kappa shape index (κ3) is 4.34. The van der Waals surface area contributed by atoms with Gasteiger partial charge in [0.2, 0.25) is 6.10 Å². The summed E-state index contributed by atoms with van der Waals surface area (Å²) >= 11 is 1.82. The topological polar surface area (TPSA) is 47.6 Å². The molecular weight excluding hydrogens is 274 g/mol. The summed E-state index contributed by atoms with van der Waals surface area (Å²) in [5.74, 6) is 2.09. The molecule has 0 spiro atoms. The van der Waals surface area contributed by atoms with E-state index in [1.807, 2.05) is 36.0 Å². The molecule has 5 heteroatoms. The number of benzene rings is 1. The van der Waals surface area contributed by atoms with E-state index in [1.54, 1.807) is 0 Å². The first-order chi connectivity index (χ1) is 9.46. The minimum absolute atomic E-state index is 0.117. The number of hydrogen-bond donors (Lipinski definition) is 1. The van der Waals surface area contributed by atoms with Crippen molar-refractivity contribution in [3.8, 4) is 11.5 Å². The molecule has 0 radical (unpaired) electrons. The van der Waals surface area contributed by atoms with Crippen LogP contribution in [0.1, 0.15) is 20.8 Å². The van der Waals surface area contributed by atoms with Crippen molar-refractivity contribution in [2.24, 2.45) is 0 Å². The van der Waals surface area contributed by atoms with Gasteiger partial charge >= 0.3 is 0 Å². The Kier molecular flexibility index (Phi) is 4.81. The minimum Gasteiger partial charge on any atom is -0.485 e. The molecule has 0 aromatic heterocycles. The van der Waals surface area contributed by atoms with Crippen LogP contribution in [0, 0.1) is 0 Å². The largest absolute Gasteiger partial charge is 0.485 e. The molecule has 4 nitrogen and oxygen atoms in total. The molecule has 0 aliphatic carbocycles. The molecule has 1 aliphatic heterocycles. The second-order valence-corrected chi connectivity index (χ2v) is 7.54. The highest BCUT2D eigenvalue weighted by molar-refractivity contribution is 8.00. The van der Waals surface area contributed by atoms with Crippen LogP contribution in [0.3, 0.4) is 0 Å². The van der Waals surface area contributed by atoms with Gasteiger partial charge in [0.15, 0.2) is 11.5 Å². The number of carbonyl (C=O) groups is 1. The van der Waals surface area contributed by atoms with E-state index in [0.29, 0.717) is 18.0 Å². The normalized spacial score (nSPS) is 17.6. The Morgan fingerprint density at radius 2 is 2.05 bits per heavy atom. The molecule has 1 aromatic carbocycles. The Morgan fingerprint density at radius 3 is 2.75 bits per heavy atom. The number of thioether (sulfide) groups is 1. The van der Waals surface area contributed by atoms with Crippen LogP contribution in [-0.4, -0.2) is 35.7 Å². The van der Waals surface area contributed by atoms with Crippen LogP contribution in [0.15, 0.2) is 24.3 Å². The first-order valence-electron chi connectivity index (χ1n) is 6.76. The van der Waals surface area contributed by atoms with Crippen LogP contribution in [0.2, 0.25) is 0 Å². The van der Waals surface area contributed by atoms with E-state index in [1.165, 1.54) is 0 Å². The smallest absolute Gasteiger partial charge is 0.264 e. The Hall–Kier alpha value is -1.36. The third-order valence-corrected chi connectivity index (χ3v) is 4.01. The summed E-state index contributed by atoms with van der Waals surface area (Å²) in [6.45, 7) is 7.38. The molecule has 0 saturated heterocycles. The summed E-state index contributed by atoms with van der Waals surface area (Å²) < 4.78 is 11.4. The first kappa shape index (κ1) is 15.0.